The molecule has 0 bridgehead atoms. The average Bonchev–Trinajstić information content (AvgIpc) is 2.90. The number of hydrogen-bond donors (Lipinski definition) is 1. The van der Waals surface area contributed by atoms with Crippen LogP contribution in [0.15, 0.2) is 24.3 Å². The summed E-state index contributed by atoms with van der Waals surface area (Å²) in [6.07, 6.45) is 0.237. The SMILES string of the molecule is NC(=O)C1CC(=O)N(Cc2ccc(N3CCOCC3)cc2)C1. The van der Waals surface area contributed by atoms with Gasteiger partial charge in [-0.2, -0.15) is 0 Å². The van der Waals surface area contributed by atoms with Crippen molar-refractivity contribution in [3.05, 3.63) is 29.8 Å². The zero-order valence-electron chi connectivity index (χ0n) is 12.5. The van der Waals surface area contributed by atoms with Crippen molar-refractivity contribution in [2.24, 2.45) is 11.7 Å². The Morgan fingerprint density at radius 3 is 2.50 bits per heavy atom. The topological polar surface area (TPSA) is 75.9 Å². The summed E-state index contributed by atoms with van der Waals surface area (Å²) < 4.78 is 5.35. The second-order valence-corrected chi connectivity index (χ2v) is 5.84. The molecule has 2 aliphatic rings. The number of carbonyl (C=O) groups is 2. The molecule has 118 valence electrons. The van der Waals surface area contributed by atoms with E-state index in [1.54, 1.807) is 4.90 Å². The summed E-state index contributed by atoms with van der Waals surface area (Å²) in [5.41, 5.74) is 7.53. The van der Waals surface area contributed by atoms with Gasteiger partial charge in [0.15, 0.2) is 0 Å². The van der Waals surface area contributed by atoms with Crippen LogP contribution >= 0.6 is 0 Å². The Morgan fingerprint density at radius 2 is 1.91 bits per heavy atom. The maximum atomic E-state index is 11.9. The Bertz CT molecular complexity index is 552. The van der Waals surface area contributed by atoms with Gasteiger partial charge < -0.3 is 20.3 Å². The number of anilines is 1. The maximum absolute atomic E-state index is 11.9. The predicted molar refractivity (Wildman–Crippen MR) is 82.2 cm³/mol. The Kier molecular flexibility index (Phi) is 4.29. The third-order valence-corrected chi connectivity index (χ3v) is 4.30. The molecule has 6 nitrogen and oxygen atoms in total. The van der Waals surface area contributed by atoms with Crippen LogP contribution in [0.25, 0.3) is 0 Å². The van der Waals surface area contributed by atoms with E-state index in [0.717, 1.165) is 31.9 Å². The Labute approximate surface area is 129 Å². The third kappa shape index (κ3) is 3.22. The minimum Gasteiger partial charge on any atom is -0.378 e. The number of hydrogen-bond acceptors (Lipinski definition) is 4. The Morgan fingerprint density at radius 1 is 1.23 bits per heavy atom. The minimum absolute atomic E-state index is 0.000978. The second-order valence-electron chi connectivity index (χ2n) is 5.84. The molecule has 0 aliphatic carbocycles. The molecule has 3 rings (SSSR count). The molecule has 2 fully saturated rings. The molecule has 6 heteroatoms. The molecule has 2 N–H and O–H groups in total. The first kappa shape index (κ1) is 14.8. The molecular weight excluding hydrogens is 282 g/mol. The van der Waals surface area contributed by atoms with E-state index in [2.05, 4.69) is 17.0 Å². The number of amides is 2. The summed E-state index contributed by atoms with van der Waals surface area (Å²) in [6, 6.07) is 8.23. The van der Waals surface area contributed by atoms with Crippen LogP contribution in [0.4, 0.5) is 5.69 Å². The number of rotatable bonds is 4. The summed E-state index contributed by atoms with van der Waals surface area (Å²) >= 11 is 0. The fraction of sp³-hybridized carbons (Fsp3) is 0.500. The van der Waals surface area contributed by atoms with E-state index in [0.29, 0.717) is 13.1 Å². The molecule has 2 amide bonds. The largest absolute Gasteiger partial charge is 0.378 e. The van der Waals surface area contributed by atoms with Gasteiger partial charge in [-0.05, 0) is 17.7 Å². The van der Waals surface area contributed by atoms with Crippen LogP contribution in [0.2, 0.25) is 0 Å². The molecule has 1 atom stereocenters. The molecular formula is C16H21N3O3. The molecule has 0 spiro atoms. The summed E-state index contributed by atoms with van der Waals surface area (Å²) in [7, 11) is 0. The second kappa shape index (κ2) is 6.36. The predicted octanol–water partition coefficient (Wildman–Crippen LogP) is 0.357. The summed E-state index contributed by atoms with van der Waals surface area (Å²) in [6.45, 7) is 4.30. The van der Waals surface area contributed by atoms with Gasteiger partial charge in [0, 0.05) is 38.3 Å². The van der Waals surface area contributed by atoms with Gasteiger partial charge in [0.05, 0.1) is 19.1 Å². The van der Waals surface area contributed by atoms with E-state index in [1.807, 2.05) is 12.1 Å². The van der Waals surface area contributed by atoms with Gasteiger partial charge in [-0.15, -0.1) is 0 Å². The van der Waals surface area contributed by atoms with Crippen LogP contribution < -0.4 is 10.6 Å². The molecule has 0 radical (unpaired) electrons. The molecule has 1 aromatic rings. The molecule has 0 aromatic heterocycles. The molecule has 1 aromatic carbocycles. The fourth-order valence-corrected chi connectivity index (χ4v) is 2.97. The number of primary amides is 1. The lowest BCUT2D eigenvalue weighted by molar-refractivity contribution is -0.128. The van der Waals surface area contributed by atoms with Crippen LogP contribution in [0, 0.1) is 5.92 Å². The minimum atomic E-state index is -0.390. The zero-order chi connectivity index (χ0) is 15.5. The first-order valence-electron chi connectivity index (χ1n) is 7.62. The number of benzene rings is 1. The summed E-state index contributed by atoms with van der Waals surface area (Å²) in [5.74, 6) is -0.736. The highest BCUT2D eigenvalue weighted by molar-refractivity contribution is 5.88. The standard InChI is InChI=1S/C16H21N3O3/c17-16(21)13-9-15(20)19(11-13)10-12-1-3-14(4-2-12)18-5-7-22-8-6-18/h1-4,13H,5-11H2,(H2,17,21). The van der Waals surface area contributed by atoms with Crippen molar-refractivity contribution in [1.82, 2.24) is 4.90 Å². The van der Waals surface area contributed by atoms with Gasteiger partial charge in [0.1, 0.15) is 0 Å². The summed E-state index contributed by atoms with van der Waals surface area (Å²) in [5, 5.41) is 0. The number of carbonyl (C=O) groups excluding carboxylic acids is 2. The number of nitrogens with zero attached hydrogens (tertiary/aromatic N) is 2. The van der Waals surface area contributed by atoms with Gasteiger partial charge in [-0.3, -0.25) is 9.59 Å². The normalized spacial score (nSPS) is 22.2. The molecule has 2 heterocycles. The molecule has 22 heavy (non-hydrogen) atoms. The maximum Gasteiger partial charge on any atom is 0.223 e. The van der Waals surface area contributed by atoms with E-state index in [9.17, 15) is 9.59 Å². The Hall–Kier alpha value is -2.08. The van der Waals surface area contributed by atoms with E-state index in [4.69, 9.17) is 10.5 Å². The van der Waals surface area contributed by atoms with Gasteiger partial charge >= 0.3 is 0 Å². The lowest BCUT2D eigenvalue weighted by Gasteiger charge is -2.29. The monoisotopic (exact) mass is 303 g/mol. The number of morpholine rings is 1. The lowest BCUT2D eigenvalue weighted by Crippen LogP contribution is -2.36. The lowest BCUT2D eigenvalue weighted by atomic mass is 10.1. The third-order valence-electron chi connectivity index (χ3n) is 4.30. The van der Waals surface area contributed by atoms with Crippen LogP contribution in [0.5, 0.6) is 0 Å². The number of nitrogens with two attached hydrogens (primary N) is 1. The first-order chi connectivity index (χ1) is 10.6. The Balaban J connectivity index is 1.61. The van der Waals surface area contributed by atoms with E-state index in [-0.39, 0.29) is 18.2 Å². The molecule has 1 unspecified atom stereocenters. The van der Waals surface area contributed by atoms with Crippen molar-refractivity contribution in [2.45, 2.75) is 13.0 Å². The van der Waals surface area contributed by atoms with E-state index in [1.165, 1.54) is 5.69 Å². The quantitative estimate of drug-likeness (QED) is 0.871. The van der Waals surface area contributed by atoms with Gasteiger partial charge in [-0.25, -0.2) is 0 Å². The van der Waals surface area contributed by atoms with E-state index < -0.39 is 5.91 Å². The highest BCUT2D eigenvalue weighted by Crippen LogP contribution is 2.22. The number of likely N-dealkylation sites (tertiary alicyclic amines) is 1. The highest BCUT2D eigenvalue weighted by atomic mass is 16.5. The van der Waals surface area contributed by atoms with Crippen molar-refractivity contribution in [3.63, 3.8) is 0 Å². The number of ether oxygens (including phenoxy) is 1. The molecule has 2 aliphatic heterocycles. The van der Waals surface area contributed by atoms with Crippen LogP contribution in [0.1, 0.15) is 12.0 Å². The molecule has 0 saturated carbocycles. The van der Waals surface area contributed by atoms with Crippen molar-refractivity contribution in [2.75, 3.05) is 37.7 Å². The van der Waals surface area contributed by atoms with Gasteiger partial charge in [0.2, 0.25) is 11.8 Å². The van der Waals surface area contributed by atoms with Gasteiger partial charge in [-0.1, -0.05) is 12.1 Å². The van der Waals surface area contributed by atoms with E-state index >= 15 is 0 Å². The van der Waals surface area contributed by atoms with Crippen LogP contribution in [0.3, 0.4) is 0 Å². The van der Waals surface area contributed by atoms with Crippen molar-refractivity contribution < 1.29 is 14.3 Å². The highest BCUT2D eigenvalue weighted by Gasteiger charge is 2.32. The fourth-order valence-electron chi connectivity index (χ4n) is 2.97. The average molecular weight is 303 g/mol. The van der Waals surface area contributed by atoms with Crippen molar-refractivity contribution in [3.8, 4) is 0 Å². The van der Waals surface area contributed by atoms with Gasteiger partial charge in [0.25, 0.3) is 0 Å². The summed E-state index contributed by atoms with van der Waals surface area (Å²) in [4.78, 5) is 27.1. The zero-order valence-corrected chi connectivity index (χ0v) is 12.5. The first-order valence-corrected chi connectivity index (χ1v) is 7.62. The molecule has 2 saturated heterocycles. The van der Waals surface area contributed by atoms with Crippen molar-refractivity contribution >= 4 is 17.5 Å². The van der Waals surface area contributed by atoms with Crippen LogP contribution in [-0.4, -0.2) is 49.6 Å². The van der Waals surface area contributed by atoms with Crippen molar-refractivity contribution in [1.29, 1.82) is 0 Å². The smallest absolute Gasteiger partial charge is 0.223 e. The van der Waals surface area contributed by atoms with Crippen LogP contribution in [-0.2, 0) is 20.9 Å².